The zero-order valence-electron chi connectivity index (χ0n) is 80.4. The summed E-state index contributed by atoms with van der Waals surface area (Å²) < 4.78 is 0. The Labute approximate surface area is 758 Å². The quantitative estimate of drug-likeness (QED) is 0.0386. The Hall–Kier alpha value is -8.23. The molecule has 0 aliphatic heterocycles. The maximum atomic E-state index is 15.0. The summed E-state index contributed by atoms with van der Waals surface area (Å²) in [5.74, 6) is -11.5. The summed E-state index contributed by atoms with van der Waals surface area (Å²) in [4.78, 5) is 216. The van der Waals surface area contributed by atoms with Crippen LogP contribution in [0.4, 0.5) is 0 Å². The molecule has 0 aliphatic carbocycles. The minimum absolute atomic E-state index is 0.00334. The van der Waals surface area contributed by atoms with E-state index >= 15 is 0 Å². The highest BCUT2D eigenvalue weighted by molar-refractivity contribution is 6.00. The molecule has 734 valence electrons. The van der Waals surface area contributed by atoms with Crippen LogP contribution >= 0.6 is 0 Å². The molecule has 0 heterocycles. The molecule has 0 saturated heterocycles. The molecule has 127 heavy (non-hydrogen) atoms. The summed E-state index contributed by atoms with van der Waals surface area (Å²) in [5, 5.41) is 39.4. The van der Waals surface area contributed by atoms with Crippen molar-refractivity contribution in [3.05, 3.63) is 0 Å². The molecule has 0 aromatic rings. The van der Waals surface area contributed by atoms with Gasteiger partial charge in [-0.15, -0.1) is 0 Å². The van der Waals surface area contributed by atoms with Gasteiger partial charge in [0.1, 0.15) is 84.6 Å². The van der Waals surface area contributed by atoms with Gasteiger partial charge in [-0.3, -0.25) is 71.9 Å². The summed E-state index contributed by atoms with van der Waals surface area (Å²) in [7, 11) is 0. The number of rotatable bonds is 71. The molecule has 37 heteroatoms. The summed E-state index contributed by atoms with van der Waals surface area (Å²) in [6.07, 6.45) is 6.26. The van der Waals surface area contributed by atoms with E-state index in [-0.39, 0.29) is 182 Å². The van der Waals surface area contributed by atoms with Crippen LogP contribution in [-0.4, -0.2) is 219 Å². The predicted octanol–water partition coefficient (Wildman–Crippen LogP) is 1.78. The highest BCUT2D eigenvalue weighted by atomic mass is 16.2. The Morgan fingerprint density at radius 2 is 0.291 bits per heavy atom. The number of nitrogens with one attached hydrogen (secondary N) is 14. The molecule has 15 amide bonds. The van der Waals surface area contributed by atoms with Crippen molar-refractivity contribution in [1.82, 2.24) is 74.4 Å². The van der Waals surface area contributed by atoms with Crippen LogP contribution in [0.2, 0.25) is 0 Å². The fourth-order valence-corrected chi connectivity index (χ4v) is 14.6. The van der Waals surface area contributed by atoms with Crippen LogP contribution in [0.5, 0.6) is 0 Å². The first-order valence-electron chi connectivity index (χ1n) is 47.2. The van der Waals surface area contributed by atoms with E-state index in [1.54, 1.807) is 0 Å². The monoisotopic (exact) mass is 1800 g/mol. The Bertz CT molecular complexity index is 3280. The van der Waals surface area contributed by atoms with Gasteiger partial charge in [0, 0.05) is 0 Å². The largest absolute Gasteiger partial charge is 0.368 e. The van der Waals surface area contributed by atoms with Crippen molar-refractivity contribution in [2.75, 3.05) is 39.3 Å². The molecule has 0 spiro atoms. The lowest BCUT2D eigenvalue weighted by atomic mass is 9.97. The van der Waals surface area contributed by atoms with Crippen molar-refractivity contribution in [3.63, 3.8) is 0 Å². The van der Waals surface area contributed by atoms with Crippen LogP contribution in [0.25, 0.3) is 0 Å². The van der Waals surface area contributed by atoms with E-state index < -0.39 is 179 Å². The Morgan fingerprint density at radius 1 is 0.173 bits per heavy atom. The molecule has 15 atom stereocenters. The lowest BCUT2D eigenvalue weighted by molar-refractivity contribution is -0.137. The van der Waals surface area contributed by atoms with Crippen LogP contribution in [0.15, 0.2) is 0 Å². The van der Waals surface area contributed by atoms with Crippen molar-refractivity contribution in [2.45, 2.75) is 389 Å². The summed E-state index contributed by atoms with van der Waals surface area (Å²) in [5.41, 5.74) is 47.6. The molecule has 0 fully saturated rings. The van der Waals surface area contributed by atoms with Crippen molar-refractivity contribution < 1.29 is 71.9 Å². The van der Waals surface area contributed by atoms with Crippen molar-refractivity contribution in [2.24, 2.45) is 99.1 Å². The van der Waals surface area contributed by atoms with Gasteiger partial charge >= 0.3 is 0 Å². The average Bonchev–Trinajstić information content (AvgIpc) is 0.854. The molecular weight excluding hydrogens is 1630 g/mol. The van der Waals surface area contributed by atoms with E-state index in [0.717, 1.165) is 0 Å². The van der Waals surface area contributed by atoms with Gasteiger partial charge in [-0.2, -0.15) is 0 Å². The lowest BCUT2D eigenvalue weighted by Crippen LogP contribution is -2.61. The van der Waals surface area contributed by atoms with Crippen molar-refractivity contribution in [3.8, 4) is 0 Å². The lowest BCUT2D eigenvalue weighted by Gasteiger charge is -2.30. The van der Waals surface area contributed by atoms with E-state index in [9.17, 15) is 71.9 Å². The molecular formula is C90H174N22O15. The van der Waals surface area contributed by atoms with Gasteiger partial charge in [0.25, 0.3) is 0 Å². The van der Waals surface area contributed by atoms with E-state index in [4.69, 9.17) is 45.9 Å². The maximum Gasteiger partial charge on any atom is 0.243 e. The van der Waals surface area contributed by atoms with E-state index in [0.29, 0.717) is 83.5 Å². The summed E-state index contributed by atoms with van der Waals surface area (Å²) in [6, 6.07) is -18.1. The molecule has 0 aromatic heterocycles. The van der Waals surface area contributed by atoms with Gasteiger partial charge in [0.2, 0.25) is 88.6 Å². The highest BCUT2D eigenvalue weighted by Gasteiger charge is 2.40. The van der Waals surface area contributed by atoms with Crippen molar-refractivity contribution in [1.29, 1.82) is 0 Å². The van der Waals surface area contributed by atoms with E-state index in [1.165, 1.54) is 0 Å². The first kappa shape index (κ1) is 119. The number of unbranched alkanes of at least 4 members (excludes halogenated alkanes) is 6. The predicted molar refractivity (Wildman–Crippen MR) is 497 cm³/mol. The summed E-state index contributed by atoms with van der Waals surface area (Å²) >= 11 is 0. The zero-order valence-corrected chi connectivity index (χ0v) is 80.4. The van der Waals surface area contributed by atoms with E-state index in [2.05, 4.69) is 74.4 Å². The van der Waals surface area contributed by atoms with Gasteiger partial charge in [-0.25, -0.2) is 0 Å². The first-order chi connectivity index (χ1) is 59.7. The second-order valence-electron chi connectivity index (χ2n) is 38.2. The highest BCUT2D eigenvalue weighted by Crippen LogP contribution is 2.20. The van der Waals surface area contributed by atoms with Crippen molar-refractivity contribution >= 4 is 88.6 Å². The molecule has 30 N–H and O–H groups in total. The number of hydrogen-bond acceptors (Lipinski definition) is 22. The molecule has 0 unspecified atom stereocenters. The third-order valence-electron chi connectivity index (χ3n) is 21.3. The second-order valence-corrected chi connectivity index (χ2v) is 38.2. The fraction of sp³-hybridized carbons (Fsp3) is 0.833. The van der Waals surface area contributed by atoms with Crippen LogP contribution in [0, 0.1) is 53.3 Å². The van der Waals surface area contributed by atoms with Crippen LogP contribution in [0.1, 0.15) is 298 Å². The number of nitrogens with two attached hydrogens (primary N) is 8. The fourth-order valence-electron chi connectivity index (χ4n) is 14.6. The number of hydrogen-bond donors (Lipinski definition) is 22. The summed E-state index contributed by atoms with van der Waals surface area (Å²) in [6.45, 7) is 35.0. The molecule has 37 nitrogen and oxygen atoms in total. The minimum Gasteiger partial charge on any atom is -0.368 e. The number of carbonyl (C=O) groups is 15. The number of carbonyl (C=O) groups excluding carboxylic acids is 15. The van der Waals surface area contributed by atoms with Gasteiger partial charge in [0.05, 0.1) is 6.04 Å². The molecule has 0 aromatic carbocycles. The Morgan fingerprint density at radius 3 is 0.425 bits per heavy atom. The van der Waals surface area contributed by atoms with Crippen LogP contribution in [0.3, 0.4) is 0 Å². The normalized spacial score (nSPS) is 15.3. The smallest absolute Gasteiger partial charge is 0.243 e. The van der Waals surface area contributed by atoms with Gasteiger partial charge in [-0.05, 0) is 266 Å². The topological polar surface area (TPSA) is 633 Å². The third-order valence-corrected chi connectivity index (χ3v) is 21.3. The third kappa shape index (κ3) is 52.3. The molecule has 0 saturated carbocycles. The standard InChI is InChI=1S/C90H174N22O15/c1-52(2)43-61(97)77(114)106-69(45-54(5)6)86(123)110-73(49-58(13)14)90(127)112-74(50-59(15)16)88(125)108-70(46-55(7)8)84(121)104-66(35-23-29-41-95)82(119)102-64(33-21-27-39-93)80(117)100-62(31-19-25-37-91)78(115)99-63(32-20-26-38-92)79(116)101-65(34-22-28-40-94)81(118)103-67(36-24-30-42-96)83(120)107-72(48-57(11)12)87(124)111-75(51-60(17)18)89(126)109-71(47-56(9)10)85(122)105-68(76(98)113)44-53(3)4/h52-75H,19-51,91-97H2,1-18H3,(H2,98,113)(H,99,115)(H,100,117)(H,101,116)(H,102,119)(H,103,118)(H,104,121)(H,105,122)(H,106,114)(H,107,120)(H,108,125)(H,109,126)(H,110,123)(H,111,124)(H,112,127)/t61-,62-,63-,64-,65-,66-,67-,68-,69-,70-,71-,72-,73-,74-,75-/m0/s1. The zero-order chi connectivity index (χ0) is 96.8. The molecule has 0 rings (SSSR count). The molecule has 0 radical (unpaired) electrons. The second kappa shape index (κ2) is 66.2. The SMILES string of the molecule is CC(C)C[C@H](NC(=O)[C@H](CC(C)C)NC(=O)[C@H](CC(C)C)NC(=O)[C@H](CC(C)C)NC(=O)[C@H](CCCCN)NC(=O)[C@H](CCCCN)NC(=O)[C@H](CCCCN)NC(=O)[C@H](CCCCN)NC(=O)[C@H](CCCCN)NC(=O)[C@H](CCCCN)NC(=O)[C@H](CC(C)C)NC(=O)[C@H](CC(C)C)NC(=O)[C@H](CC(C)C)NC(=O)[C@H](CC(C)C)NC(=O)[C@@H](N)CC(C)C)C(N)=O. The van der Waals surface area contributed by atoms with Crippen LogP contribution in [-0.2, 0) is 71.9 Å². The average molecular weight is 1800 g/mol. The van der Waals surface area contributed by atoms with Gasteiger partial charge in [-0.1, -0.05) is 125 Å². The molecule has 0 bridgehead atoms. The van der Waals surface area contributed by atoms with Crippen LogP contribution < -0.4 is 120 Å². The number of primary amides is 1. The Kier molecular flexibility index (Phi) is 61.9. The molecule has 0 aliphatic rings. The Balaban J connectivity index is 7.55. The minimum atomic E-state index is -1.35. The number of amides is 15. The van der Waals surface area contributed by atoms with Gasteiger partial charge < -0.3 is 120 Å². The van der Waals surface area contributed by atoms with Gasteiger partial charge in [0.15, 0.2) is 0 Å². The first-order valence-corrected chi connectivity index (χ1v) is 47.2. The van der Waals surface area contributed by atoms with E-state index in [1.807, 2.05) is 125 Å². The maximum absolute atomic E-state index is 15.0.